The van der Waals surface area contributed by atoms with Gasteiger partial charge in [-0.1, -0.05) is 62.0 Å². The van der Waals surface area contributed by atoms with Crippen LogP contribution in [0.3, 0.4) is 0 Å². The topological polar surface area (TPSA) is 101 Å². The molecule has 1 aromatic rings. The third-order valence-corrected chi connectivity index (χ3v) is 17.3. The molecule has 2 fully saturated rings. The average molecular weight is 524 g/mol. The minimum Gasteiger partial charge on any atom is -0.414 e. The molecule has 11 heteroatoms. The van der Waals surface area contributed by atoms with E-state index in [0.29, 0.717) is 12.2 Å². The van der Waals surface area contributed by atoms with Crippen molar-refractivity contribution in [3.8, 4) is 0 Å². The van der Waals surface area contributed by atoms with E-state index in [1.807, 2.05) is 0 Å². The molecule has 0 radical (unpaired) electrons. The van der Waals surface area contributed by atoms with Crippen molar-refractivity contribution >= 4 is 28.8 Å². The van der Waals surface area contributed by atoms with Crippen molar-refractivity contribution in [1.82, 2.24) is 9.55 Å². The zero-order chi connectivity index (χ0) is 26.3. The van der Waals surface area contributed by atoms with E-state index < -0.39 is 41.2 Å². The lowest BCUT2D eigenvalue weighted by atomic mass is 10.1. The predicted molar refractivity (Wildman–Crippen MR) is 140 cm³/mol. The third kappa shape index (κ3) is 5.12. The Morgan fingerprint density at radius 2 is 1.66 bits per heavy atom. The number of ether oxygens (including phenoxy) is 1. The highest BCUT2D eigenvalue weighted by Crippen LogP contribution is 2.49. The van der Waals surface area contributed by atoms with Crippen LogP contribution in [0.5, 0.6) is 0 Å². The molecule has 0 spiro atoms. The highest BCUT2D eigenvalue weighted by Gasteiger charge is 2.60. The monoisotopic (exact) mass is 523 g/mol. The summed E-state index contributed by atoms with van der Waals surface area (Å²) in [5, 5.41) is 2.53. The summed E-state index contributed by atoms with van der Waals surface area (Å²) >= 11 is 0. The summed E-state index contributed by atoms with van der Waals surface area (Å²) in [7, 11) is -5.53. The normalized spacial score (nSPS) is 26.2. The van der Waals surface area contributed by atoms with Crippen LogP contribution in [0.25, 0.3) is 0 Å². The first kappa shape index (κ1) is 27.9. The molecule has 0 bridgehead atoms. The fourth-order valence-corrected chi connectivity index (χ4v) is 16.4. The van der Waals surface area contributed by atoms with Crippen LogP contribution in [-0.4, -0.2) is 51.4 Å². The van der Waals surface area contributed by atoms with E-state index in [1.165, 1.54) is 11.5 Å². The standard InChI is InChI=1S/C24H41N3O6Si2/c1-14(2)34(15(3)4)30-13-20-22(32-35(33-34,16(5)6)17(7)8)18(9)23(31-20)27-12-11-21(25-19(10)28)26-24(27)29/h11-12,14-17,20,22-23H,9,13H2,1-8,10H3,(H,25,26,28,29)/t20-,22+,23-/m1/s1. The van der Waals surface area contributed by atoms with Gasteiger partial charge in [0, 0.05) is 18.7 Å². The van der Waals surface area contributed by atoms with Crippen LogP contribution in [0.2, 0.25) is 22.2 Å². The molecule has 0 aromatic carbocycles. The van der Waals surface area contributed by atoms with Crippen molar-refractivity contribution in [2.45, 2.75) is 103 Å². The van der Waals surface area contributed by atoms with Crippen molar-refractivity contribution in [2.24, 2.45) is 0 Å². The van der Waals surface area contributed by atoms with Gasteiger partial charge in [-0.15, -0.1) is 0 Å². The molecule has 0 aliphatic carbocycles. The maximum Gasteiger partial charge on any atom is 0.351 e. The smallest absolute Gasteiger partial charge is 0.351 e. The molecule has 9 nitrogen and oxygen atoms in total. The Kier molecular flexibility index (Phi) is 8.29. The SMILES string of the molecule is C=C1[C@H](n2ccc(NC(C)=O)nc2=O)O[C@@H]2CO[Si](C(C)C)(C(C)C)O[Si](C(C)C)(C(C)C)O[C@@H]12. The van der Waals surface area contributed by atoms with E-state index in [9.17, 15) is 9.59 Å². The van der Waals surface area contributed by atoms with Crippen LogP contribution < -0.4 is 11.0 Å². The average Bonchev–Trinajstić information content (AvgIpc) is 3.01. The van der Waals surface area contributed by atoms with E-state index >= 15 is 0 Å². The maximum atomic E-state index is 12.8. The Morgan fingerprint density at radius 1 is 1.09 bits per heavy atom. The molecule has 3 rings (SSSR count). The van der Waals surface area contributed by atoms with Crippen LogP contribution >= 0.6 is 0 Å². The minimum atomic E-state index is -2.83. The zero-order valence-electron chi connectivity index (χ0n) is 22.5. The molecule has 35 heavy (non-hydrogen) atoms. The Bertz CT molecular complexity index is 993. The maximum absolute atomic E-state index is 12.8. The van der Waals surface area contributed by atoms with Gasteiger partial charge in [0.05, 0.1) is 6.61 Å². The van der Waals surface area contributed by atoms with Crippen molar-refractivity contribution in [2.75, 3.05) is 11.9 Å². The summed E-state index contributed by atoms with van der Waals surface area (Å²) in [6, 6.07) is 1.57. The van der Waals surface area contributed by atoms with Gasteiger partial charge in [0.2, 0.25) is 5.91 Å². The molecule has 2 saturated heterocycles. The first-order valence-corrected chi connectivity index (χ1v) is 16.4. The highest BCUT2D eigenvalue weighted by molar-refractivity contribution is 6.84. The van der Waals surface area contributed by atoms with Gasteiger partial charge in [-0.05, 0) is 28.2 Å². The first-order chi connectivity index (χ1) is 16.2. The van der Waals surface area contributed by atoms with Gasteiger partial charge in [0.1, 0.15) is 18.0 Å². The van der Waals surface area contributed by atoms with Gasteiger partial charge >= 0.3 is 22.8 Å². The molecule has 0 saturated carbocycles. The summed E-state index contributed by atoms with van der Waals surface area (Å²) in [6.45, 7) is 23.3. The summed E-state index contributed by atoms with van der Waals surface area (Å²) in [5.41, 5.74) is 0.879. The van der Waals surface area contributed by atoms with Crippen molar-refractivity contribution in [3.05, 3.63) is 34.9 Å². The molecule has 3 heterocycles. The highest BCUT2D eigenvalue weighted by atomic mass is 28.5. The number of amides is 1. The fraction of sp³-hybridized carbons (Fsp3) is 0.708. The van der Waals surface area contributed by atoms with Gasteiger partial charge in [0.15, 0.2) is 6.23 Å². The van der Waals surface area contributed by atoms with Crippen LogP contribution in [-0.2, 0) is 22.5 Å². The molecule has 1 amide bonds. The van der Waals surface area contributed by atoms with Crippen molar-refractivity contribution in [3.63, 3.8) is 0 Å². The number of nitrogens with one attached hydrogen (secondary N) is 1. The molecule has 196 valence electrons. The summed E-state index contributed by atoms with van der Waals surface area (Å²) in [6.07, 6.45) is -0.0842. The Labute approximate surface area is 210 Å². The van der Waals surface area contributed by atoms with Crippen molar-refractivity contribution in [1.29, 1.82) is 0 Å². The number of aromatic nitrogens is 2. The number of rotatable bonds is 6. The molecule has 3 atom stereocenters. The van der Waals surface area contributed by atoms with Crippen LogP contribution in [0.1, 0.15) is 68.5 Å². The second-order valence-electron chi connectivity index (χ2n) is 10.8. The second-order valence-corrected chi connectivity index (χ2v) is 19.6. The quantitative estimate of drug-likeness (QED) is 0.429. The van der Waals surface area contributed by atoms with Crippen molar-refractivity contribution < 1.29 is 22.5 Å². The minimum absolute atomic E-state index is 0.169. The van der Waals surface area contributed by atoms with E-state index in [1.54, 1.807) is 12.3 Å². The number of anilines is 1. The molecule has 1 aromatic heterocycles. The lowest BCUT2D eigenvalue weighted by Crippen LogP contribution is -2.65. The van der Waals surface area contributed by atoms with Gasteiger partial charge in [-0.2, -0.15) is 4.98 Å². The lowest BCUT2D eigenvalue weighted by molar-refractivity contribution is -0.114. The van der Waals surface area contributed by atoms with Gasteiger partial charge in [-0.3, -0.25) is 9.36 Å². The van der Waals surface area contributed by atoms with Gasteiger partial charge in [-0.25, -0.2) is 4.79 Å². The summed E-state index contributed by atoms with van der Waals surface area (Å²) in [4.78, 5) is 28.1. The van der Waals surface area contributed by atoms with Crippen LogP contribution in [0.4, 0.5) is 5.82 Å². The zero-order valence-corrected chi connectivity index (χ0v) is 24.5. The van der Waals surface area contributed by atoms with Gasteiger partial charge < -0.3 is 23.0 Å². The number of nitrogens with zero attached hydrogens (tertiary/aromatic N) is 2. The number of hydrogen-bond donors (Lipinski definition) is 1. The molecule has 2 aliphatic rings. The van der Waals surface area contributed by atoms with E-state index in [0.717, 1.165) is 0 Å². The fourth-order valence-electron chi connectivity index (χ4n) is 5.19. The largest absolute Gasteiger partial charge is 0.414 e. The van der Waals surface area contributed by atoms with Crippen LogP contribution in [0.15, 0.2) is 29.2 Å². The first-order valence-electron chi connectivity index (χ1n) is 12.5. The third-order valence-electron chi connectivity index (χ3n) is 7.03. The molecular formula is C24H41N3O6Si2. The molecular weight excluding hydrogens is 482 g/mol. The molecule has 1 N–H and O–H groups in total. The van der Waals surface area contributed by atoms with E-state index in [2.05, 4.69) is 72.3 Å². The van der Waals surface area contributed by atoms with Gasteiger partial charge in [0.25, 0.3) is 0 Å². The summed E-state index contributed by atoms with van der Waals surface area (Å²) in [5.74, 6) is -0.107. The molecule has 2 aliphatic heterocycles. The Morgan fingerprint density at radius 3 is 2.14 bits per heavy atom. The Hall–Kier alpha value is -1.64. The summed E-state index contributed by atoms with van der Waals surface area (Å²) < 4.78 is 28.7. The number of hydrogen-bond acceptors (Lipinski definition) is 7. The Balaban J connectivity index is 2.04. The van der Waals surface area contributed by atoms with E-state index in [4.69, 9.17) is 17.7 Å². The van der Waals surface area contributed by atoms with E-state index in [-0.39, 0.29) is 33.9 Å². The number of fused-ring (bicyclic) bond motifs is 1. The number of carbonyl (C=O) groups excluding carboxylic acids is 1. The number of carbonyl (C=O) groups is 1. The van der Waals surface area contributed by atoms with Crippen LogP contribution in [0, 0.1) is 0 Å². The lowest BCUT2D eigenvalue weighted by Gasteiger charge is -2.51. The molecule has 0 unspecified atom stereocenters. The second kappa shape index (κ2) is 10.4. The predicted octanol–water partition coefficient (Wildman–Crippen LogP) is 4.61.